The number of nitrogens with zero attached hydrogens (tertiary/aromatic N) is 4. The van der Waals surface area contributed by atoms with Crippen LogP contribution in [0.25, 0.3) is 22.5 Å². The highest BCUT2D eigenvalue weighted by molar-refractivity contribution is 5.81. The minimum absolute atomic E-state index is 0.202. The van der Waals surface area contributed by atoms with E-state index in [-0.39, 0.29) is 12.0 Å². The molecule has 7 nitrogen and oxygen atoms in total. The van der Waals surface area contributed by atoms with Crippen molar-refractivity contribution in [2.45, 2.75) is 45.3 Å². The maximum absolute atomic E-state index is 12.6. The summed E-state index contributed by atoms with van der Waals surface area (Å²) in [6.07, 6.45) is 0.718. The van der Waals surface area contributed by atoms with Crippen molar-refractivity contribution in [1.29, 1.82) is 0 Å². The third-order valence-electron chi connectivity index (χ3n) is 8.63. The fourth-order valence-corrected chi connectivity index (χ4v) is 6.44. The zero-order valence-corrected chi connectivity index (χ0v) is 27.7. The molecule has 0 saturated carbocycles. The van der Waals surface area contributed by atoms with Crippen LogP contribution in [0.4, 0.5) is 0 Å². The third kappa shape index (κ3) is 6.68. The Kier molecular flexibility index (Phi) is 10.2. The Labute approximate surface area is 282 Å². The normalized spacial score (nSPS) is 12.2. The van der Waals surface area contributed by atoms with Crippen molar-refractivity contribution in [3.05, 3.63) is 162 Å². The average molecular weight is 636 g/mol. The van der Waals surface area contributed by atoms with Crippen LogP contribution in [0.1, 0.15) is 49.4 Å². The van der Waals surface area contributed by atoms with Crippen LogP contribution in [-0.4, -0.2) is 38.8 Å². The van der Waals surface area contributed by atoms with Crippen molar-refractivity contribution in [3.8, 4) is 22.5 Å². The number of nitrogens with one attached hydrogen (secondary N) is 1. The van der Waals surface area contributed by atoms with Gasteiger partial charge in [-0.3, -0.25) is 4.79 Å². The SMILES string of the molecule is CCOC(=O)[C@H](CC(C)C)NCc1ccc(-c2ccccc2-c2nnnn2C(c2ccccc2)(c2ccccc2)c2ccccc2)cc1. The van der Waals surface area contributed by atoms with E-state index >= 15 is 0 Å². The molecule has 1 heterocycles. The first-order chi connectivity index (χ1) is 23.5. The van der Waals surface area contributed by atoms with Crippen LogP contribution in [-0.2, 0) is 21.6 Å². The van der Waals surface area contributed by atoms with Crippen molar-refractivity contribution in [3.63, 3.8) is 0 Å². The lowest BCUT2D eigenvalue weighted by atomic mass is 9.77. The van der Waals surface area contributed by atoms with Crippen LogP contribution >= 0.6 is 0 Å². The Morgan fingerprint density at radius 1 is 0.729 bits per heavy atom. The van der Waals surface area contributed by atoms with E-state index in [1.54, 1.807) is 0 Å². The lowest BCUT2D eigenvalue weighted by Gasteiger charge is -2.36. The molecule has 0 aliphatic carbocycles. The second-order valence-corrected chi connectivity index (χ2v) is 12.3. The summed E-state index contributed by atoms with van der Waals surface area (Å²) in [5.74, 6) is 0.817. The van der Waals surface area contributed by atoms with Gasteiger partial charge in [-0.05, 0) is 63.1 Å². The van der Waals surface area contributed by atoms with Crippen LogP contribution in [0.2, 0.25) is 0 Å². The second-order valence-electron chi connectivity index (χ2n) is 12.3. The maximum atomic E-state index is 12.6. The molecule has 0 amide bonds. The molecule has 0 fully saturated rings. The first-order valence-corrected chi connectivity index (χ1v) is 16.6. The van der Waals surface area contributed by atoms with Gasteiger partial charge in [-0.25, -0.2) is 4.68 Å². The van der Waals surface area contributed by atoms with E-state index in [0.29, 0.717) is 24.9 Å². The zero-order valence-electron chi connectivity index (χ0n) is 27.7. The van der Waals surface area contributed by atoms with E-state index in [2.05, 4.69) is 139 Å². The molecule has 5 aromatic carbocycles. The van der Waals surface area contributed by atoms with E-state index in [9.17, 15) is 4.79 Å². The average Bonchev–Trinajstić information content (AvgIpc) is 3.62. The fourth-order valence-electron chi connectivity index (χ4n) is 6.44. The number of tetrazole rings is 1. The molecule has 0 aliphatic heterocycles. The van der Waals surface area contributed by atoms with Crippen LogP contribution < -0.4 is 5.32 Å². The predicted molar refractivity (Wildman–Crippen MR) is 190 cm³/mol. The Morgan fingerprint density at radius 3 is 1.77 bits per heavy atom. The monoisotopic (exact) mass is 635 g/mol. The molecule has 6 rings (SSSR count). The number of hydrogen-bond donors (Lipinski definition) is 1. The van der Waals surface area contributed by atoms with Gasteiger partial charge in [0, 0.05) is 12.1 Å². The molecule has 0 radical (unpaired) electrons. The van der Waals surface area contributed by atoms with Gasteiger partial charge in [0.15, 0.2) is 5.82 Å². The minimum atomic E-state index is -0.850. The molecule has 0 saturated heterocycles. The van der Waals surface area contributed by atoms with Crippen molar-refractivity contribution < 1.29 is 9.53 Å². The summed E-state index contributed by atoms with van der Waals surface area (Å²) < 4.78 is 7.28. The molecule has 6 aromatic rings. The van der Waals surface area contributed by atoms with E-state index in [4.69, 9.17) is 9.95 Å². The molecular weight excluding hydrogens is 594 g/mol. The van der Waals surface area contributed by atoms with Gasteiger partial charge in [-0.15, -0.1) is 5.10 Å². The summed E-state index contributed by atoms with van der Waals surface area (Å²) in [6.45, 7) is 6.99. The minimum Gasteiger partial charge on any atom is -0.465 e. The molecule has 1 N–H and O–H groups in total. The molecule has 0 bridgehead atoms. The molecule has 0 spiro atoms. The molecule has 1 aromatic heterocycles. The molecule has 0 aliphatic rings. The zero-order chi connectivity index (χ0) is 33.3. The second kappa shape index (κ2) is 15.0. The summed E-state index contributed by atoms with van der Waals surface area (Å²) >= 11 is 0. The largest absolute Gasteiger partial charge is 0.465 e. The molecule has 7 heteroatoms. The molecular formula is C41H41N5O2. The van der Waals surface area contributed by atoms with Crippen LogP contribution in [0, 0.1) is 5.92 Å². The van der Waals surface area contributed by atoms with Gasteiger partial charge in [0.2, 0.25) is 0 Å². The van der Waals surface area contributed by atoms with E-state index in [1.807, 2.05) is 41.9 Å². The number of esters is 1. The van der Waals surface area contributed by atoms with Gasteiger partial charge in [-0.1, -0.05) is 153 Å². The standard InChI is InChI=1S/C41H41N5O2/c1-4-48-40(47)38(28-30(2)3)42-29-31-24-26-32(27-25-31)36-22-14-15-23-37(36)39-43-44-45-46(39)41(33-16-8-5-9-17-33,34-18-10-6-11-19-34)35-20-12-7-13-21-35/h5-27,30,38,42H,4,28-29H2,1-3H3/t38-/m0/s1. The lowest BCUT2D eigenvalue weighted by molar-refractivity contribution is -0.146. The van der Waals surface area contributed by atoms with Crippen molar-refractivity contribution in [2.24, 2.45) is 5.92 Å². The number of rotatable bonds is 13. The van der Waals surface area contributed by atoms with E-state index < -0.39 is 5.54 Å². The van der Waals surface area contributed by atoms with Gasteiger partial charge >= 0.3 is 5.97 Å². The highest BCUT2D eigenvalue weighted by Gasteiger charge is 2.42. The Balaban J connectivity index is 1.41. The topological polar surface area (TPSA) is 81.9 Å². The highest BCUT2D eigenvalue weighted by atomic mass is 16.5. The lowest BCUT2D eigenvalue weighted by Crippen LogP contribution is -2.39. The van der Waals surface area contributed by atoms with Gasteiger partial charge in [0.05, 0.1) is 6.61 Å². The number of benzene rings is 5. The van der Waals surface area contributed by atoms with Crippen molar-refractivity contribution >= 4 is 5.97 Å². The Morgan fingerprint density at radius 2 is 1.25 bits per heavy atom. The van der Waals surface area contributed by atoms with Crippen LogP contribution in [0.15, 0.2) is 140 Å². The quantitative estimate of drug-likeness (QED) is 0.103. The van der Waals surface area contributed by atoms with Gasteiger partial charge in [0.25, 0.3) is 0 Å². The van der Waals surface area contributed by atoms with Crippen LogP contribution in [0.5, 0.6) is 0 Å². The highest BCUT2D eigenvalue weighted by Crippen LogP contribution is 2.43. The van der Waals surface area contributed by atoms with Gasteiger partial charge in [-0.2, -0.15) is 0 Å². The van der Waals surface area contributed by atoms with Crippen molar-refractivity contribution in [1.82, 2.24) is 25.5 Å². The Bertz CT molecular complexity index is 1810. The summed E-state index contributed by atoms with van der Waals surface area (Å²) in [5.41, 5.74) is 6.33. The first kappa shape index (κ1) is 32.5. The molecule has 0 unspecified atom stereocenters. The molecule has 242 valence electrons. The fraction of sp³-hybridized carbons (Fsp3) is 0.220. The number of carbonyl (C=O) groups is 1. The number of ether oxygens (including phenoxy) is 1. The number of aromatic nitrogens is 4. The number of hydrogen-bond acceptors (Lipinski definition) is 6. The summed E-state index contributed by atoms with van der Waals surface area (Å²) in [6, 6.07) is 47.6. The summed E-state index contributed by atoms with van der Waals surface area (Å²) in [7, 11) is 0. The summed E-state index contributed by atoms with van der Waals surface area (Å²) in [4.78, 5) is 12.6. The molecule has 1 atom stereocenters. The van der Waals surface area contributed by atoms with Gasteiger partial charge < -0.3 is 10.1 Å². The smallest absolute Gasteiger partial charge is 0.323 e. The van der Waals surface area contributed by atoms with Crippen LogP contribution in [0.3, 0.4) is 0 Å². The molecule has 48 heavy (non-hydrogen) atoms. The van der Waals surface area contributed by atoms with Crippen molar-refractivity contribution in [2.75, 3.05) is 6.61 Å². The van der Waals surface area contributed by atoms with Gasteiger partial charge in [0.1, 0.15) is 11.6 Å². The first-order valence-electron chi connectivity index (χ1n) is 16.6. The third-order valence-corrected chi connectivity index (χ3v) is 8.63. The predicted octanol–water partition coefficient (Wildman–Crippen LogP) is 7.91. The van der Waals surface area contributed by atoms with E-state index in [0.717, 1.165) is 45.4 Å². The summed E-state index contributed by atoms with van der Waals surface area (Å²) in [5, 5.41) is 17.1. The van der Waals surface area contributed by atoms with E-state index in [1.165, 1.54) is 0 Å². The Hall–Kier alpha value is -5.40. The number of carbonyl (C=O) groups excluding carboxylic acids is 1. The maximum Gasteiger partial charge on any atom is 0.323 e.